The van der Waals surface area contributed by atoms with Crippen molar-refractivity contribution in [2.75, 3.05) is 19.7 Å². The zero-order valence-electron chi connectivity index (χ0n) is 24.3. The second-order valence-corrected chi connectivity index (χ2v) is 12.1. The number of rotatable bonds is 9. The average Bonchev–Trinajstić information content (AvgIpc) is 3.42. The van der Waals surface area contributed by atoms with Crippen LogP contribution >= 0.6 is 0 Å². The minimum atomic E-state index is -0.498. The van der Waals surface area contributed by atoms with Crippen LogP contribution in [-0.4, -0.2) is 60.2 Å². The number of hydrogen-bond donors (Lipinski definition) is 1. The van der Waals surface area contributed by atoms with E-state index in [4.69, 9.17) is 15.5 Å². The Labute approximate surface area is 243 Å². The molecular formula is C32H36FN7O2. The normalized spacial score (nSPS) is 16.8. The molecule has 2 aliphatic rings. The third-order valence-corrected chi connectivity index (χ3v) is 8.59. The summed E-state index contributed by atoms with van der Waals surface area (Å²) >= 11 is 0. The smallest absolute Gasteiger partial charge is 0.254 e. The van der Waals surface area contributed by atoms with Crippen LogP contribution in [0.1, 0.15) is 48.7 Å². The number of benzene rings is 2. The molecule has 0 saturated heterocycles. The van der Waals surface area contributed by atoms with Gasteiger partial charge in [0.05, 0.1) is 40.8 Å². The number of amides is 1. The van der Waals surface area contributed by atoms with Gasteiger partial charge in [-0.25, -0.2) is 9.97 Å². The predicted molar refractivity (Wildman–Crippen MR) is 160 cm³/mol. The molecule has 42 heavy (non-hydrogen) atoms. The van der Waals surface area contributed by atoms with E-state index in [1.807, 2.05) is 44.0 Å². The third-order valence-electron chi connectivity index (χ3n) is 8.59. The summed E-state index contributed by atoms with van der Waals surface area (Å²) in [5, 5.41) is 1.08. The molecule has 1 saturated carbocycles. The van der Waals surface area contributed by atoms with Crippen LogP contribution < -0.4 is 10.5 Å². The zero-order chi connectivity index (χ0) is 29.1. The minimum Gasteiger partial charge on any atom is -0.489 e. The first-order valence-electron chi connectivity index (χ1n) is 14.8. The highest BCUT2D eigenvalue weighted by Gasteiger charge is 2.29. The van der Waals surface area contributed by atoms with Crippen molar-refractivity contribution < 1.29 is 13.9 Å². The highest BCUT2D eigenvalue weighted by atomic mass is 19.1. The van der Waals surface area contributed by atoms with Crippen molar-refractivity contribution in [2.45, 2.75) is 51.7 Å². The van der Waals surface area contributed by atoms with E-state index in [1.54, 1.807) is 4.57 Å². The lowest BCUT2D eigenvalue weighted by Gasteiger charge is -2.29. The number of fused-ring (bicyclic) bond motifs is 3. The van der Waals surface area contributed by atoms with Gasteiger partial charge in [-0.15, -0.1) is 0 Å². The van der Waals surface area contributed by atoms with E-state index in [0.29, 0.717) is 25.6 Å². The van der Waals surface area contributed by atoms with Crippen LogP contribution in [-0.2, 0) is 20.0 Å². The number of carbonyl (C=O) groups is 1. The van der Waals surface area contributed by atoms with Gasteiger partial charge in [0.25, 0.3) is 5.91 Å². The number of para-hydroxylation sites is 1. The molecule has 9 nitrogen and oxygen atoms in total. The summed E-state index contributed by atoms with van der Waals surface area (Å²) in [6.45, 7) is 6.39. The van der Waals surface area contributed by atoms with E-state index in [2.05, 4.69) is 32.3 Å². The van der Waals surface area contributed by atoms with Crippen molar-refractivity contribution >= 4 is 27.8 Å². The first-order valence-corrected chi connectivity index (χ1v) is 14.8. The molecule has 5 aromatic rings. The van der Waals surface area contributed by atoms with E-state index < -0.39 is 5.95 Å². The Morgan fingerprint density at radius 3 is 2.76 bits per heavy atom. The standard InChI is InChI=1S/C32H36FN7O2/c1-19(34)14-38-10-9-22-11-26-25(13-24(22)32(38)41)36-31(37(26)3)27-12-23-5-4-6-28(30(23)40(27)15-21-7-8-21)42-17-20(2)39-16-29(33)35-18-39/h4-6,11-13,16,18-21H,7-10,14-15,17,34H2,1-3H3/t19-,20-/m1/s1. The molecule has 1 amide bonds. The topological polar surface area (TPSA) is 96.1 Å². The van der Waals surface area contributed by atoms with Crippen LogP contribution in [0, 0.1) is 11.9 Å². The second kappa shape index (κ2) is 10.3. The van der Waals surface area contributed by atoms with E-state index in [1.165, 1.54) is 25.4 Å². The number of aryl methyl sites for hydroxylation is 1. The van der Waals surface area contributed by atoms with Gasteiger partial charge in [0, 0.05) is 43.7 Å². The van der Waals surface area contributed by atoms with Crippen LogP contribution in [0.15, 0.2) is 48.9 Å². The minimum absolute atomic E-state index is 0.0277. The molecule has 3 aromatic heterocycles. The van der Waals surface area contributed by atoms with Crippen molar-refractivity contribution in [3.8, 4) is 17.3 Å². The Kier molecular flexibility index (Phi) is 6.53. The highest BCUT2D eigenvalue weighted by Crippen LogP contribution is 2.39. The molecule has 0 bridgehead atoms. The maximum atomic E-state index is 13.5. The monoisotopic (exact) mass is 569 g/mol. The largest absolute Gasteiger partial charge is 0.489 e. The maximum absolute atomic E-state index is 13.5. The number of halogens is 1. The van der Waals surface area contributed by atoms with Crippen LogP contribution in [0.3, 0.4) is 0 Å². The molecule has 4 heterocycles. The second-order valence-electron chi connectivity index (χ2n) is 12.1. The molecule has 0 unspecified atom stereocenters. The lowest BCUT2D eigenvalue weighted by atomic mass is 9.97. The molecule has 1 fully saturated rings. The van der Waals surface area contributed by atoms with E-state index in [-0.39, 0.29) is 18.0 Å². The van der Waals surface area contributed by atoms with Gasteiger partial charge in [0.15, 0.2) is 5.82 Å². The van der Waals surface area contributed by atoms with Gasteiger partial charge < -0.3 is 29.1 Å². The number of hydrogen-bond acceptors (Lipinski definition) is 5. The van der Waals surface area contributed by atoms with Crippen LogP contribution in [0.25, 0.3) is 33.5 Å². The third kappa shape index (κ3) is 4.73. The summed E-state index contributed by atoms with van der Waals surface area (Å²) in [4.78, 5) is 23.9. The number of nitrogens with two attached hydrogens (primary N) is 1. The first-order chi connectivity index (χ1) is 20.3. The molecule has 0 spiro atoms. The molecule has 7 rings (SSSR count). The summed E-state index contributed by atoms with van der Waals surface area (Å²) in [6, 6.07) is 12.2. The molecule has 218 valence electrons. The average molecular weight is 570 g/mol. The van der Waals surface area contributed by atoms with Crippen molar-refractivity contribution in [2.24, 2.45) is 18.7 Å². The number of aromatic nitrogens is 5. The Hall–Kier alpha value is -4.18. The lowest BCUT2D eigenvalue weighted by Crippen LogP contribution is -2.43. The summed E-state index contributed by atoms with van der Waals surface area (Å²) in [7, 11) is 2.05. The Bertz CT molecular complexity index is 1810. The van der Waals surface area contributed by atoms with Gasteiger partial charge in [-0.1, -0.05) is 12.1 Å². The molecule has 0 radical (unpaired) electrons. The fraction of sp³-hybridized carbons (Fsp3) is 0.406. The number of nitrogens with zero attached hydrogens (tertiary/aromatic N) is 6. The van der Waals surface area contributed by atoms with Gasteiger partial charge in [-0.2, -0.15) is 4.39 Å². The van der Waals surface area contributed by atoms with E-state index in [9.17, 15) is 9.18 Å². The van der Waals surface area contributed by atoms with Crippen molar-refractivity contribution in [3.05, 3.63) is 66.0 Å². The van der Waals surface area contributed by atoms with Gasteiger partial charge in [-0.05, 0) is 68.9 Å². The Balaban J connectivity index is 1.28. The molecular weight excluding hydrogens is 533 g/mol. The maximum Gasteiger partial charge on any atom is 0.254 e. The number of ether oxygens (including phenoxy) is 1. The van der Waals surface area contributed by atoms with E-state index >= 15 is 0 Å². The summed E-state index contributed by atoms with van der Waals surface area (Å²) in [6.07, 6.45) is 6.10. The van der Waals surface area contributed by atoms with Gasteiger partial charge in [0.2, 0.25) is 5.95 Å². The summed E-state index contributed by atoms with van der Waals surface area (Å²) in [5.41, 5.74) is 11.7. The van der Waals surface area contributed by atoms with Crippen LogP contribution in [0.5, 0.6) is 5.75 Å². The highest BCUT2D eigenvalue weighted by molar-refractivity contribution is 6.01. The Morgan fingerprint density at radius 2 is 2.02 bits per heavy atom. The van der Waals surface area contributed by atoms with Gasteiger partial charge in [0.1, 0.15) is 12.4 Å². The number of carbonyl (C=O) groups excluding carboxylic acids is 1. The lowest BCUT2D eigenvalue weighted by molar-refractivity contribution is 0.0732. The number of imidazole rings is 2. The molecule has 2 N–H and O–H groups in total. The molecule has 1 aliphatic carbocycles. The van der Waals surface area contributed by atoms with E-state index in [0.717, 1.165) is 63.3 Å². The first kappa shape index (κ1) is 26.7. The van der Waals surface area contributed by atoms with Crippen LogP contribution in [0.2, 0.25) is 0 Å². The Morgan fingerprint density at radius 1 is 1.19 bits per heavy atom. The molecule has 2 aromatic carbocycles. The van der Waals surface area contributed by atoms with Gasteiger partial charge in [-0.3, -0.25) is 4.79 Å². The molecule has 2 atom stereocenters. The van der Waals surface area contributed by atoms with Crippen molar-refractivity contribution in [1.29, 1.82) is 0 Å². The van der Waals surface area contributed by atoms with Crippen molar-refractivity contribution in [1.82, 2.24) is 28.6 Å². The fourth-order valence-electron chi connectivity index (χ4n) is 6.15. The molecule has 10 heteroatoms. The van der Waals surface area contributed by atoms with Crippen molar-refractivity contribution in [3.63, 3.8) is 0 Å². The summed E-state index contributed by atoms with van der Waals surface area (Å²) < 4.78 is 26.1. The summed E-state index contributed by atoms with van der Waals surface area (Å²) in [5.74, 6) is 1.80. The quantitative estimate of drug-likeness (QED) is 0.272. The van der Waals surface area contributed by atoms with Crippen LogP contribution in [0.4, 0.5) is 4.39 Å². The fourth-order valence-corrected chi connectivity index (χ4v) is 6.15. The SMILES string of the molecule is C[C@H](COc1cccc2cc(-c3nc4cc5c(cc4n3C)CCN(C[C@@H](C)N)C5=O)n(CC3CC3)c12)n1cnc(F)c1. The molecule has 1 aliphatic heterocycles. The van der Waals surface area contributed by atoms with Gasteiger partial charge >= 0.3 is 0 Å². The predicted octanol–water partition coefficient (Wildman–Crippen LogP) is 4.93. The zero-order valence-corrected chi connectivity index (χ0v) is 24.3.